The molecule has 5 rings (SSSR count). The largest absolute Gasteiger partial charge is 0.481 e. The van der Waals surface area contributed by atoms with Gasteiger partial charge in [-0.2, -0.15) is 4.98 Å². The number of aliphatic hydroxyl groups is 1. The zero-order valence-corrected chi connectivity index (χ0v) is 21.9. The summed E-state index contributed by atoms with van der Waals surface area (Å²) in [4.78, 5) is 18.5. The van der Waals surface area contributed by atoms with Crippen LogP contribution in [0.25, 0.3) is 22.3 Å². The van der Waals surface area contributed by atoms with Gasteiger partial charge in [-0.05, 0) is 56.2 Å². The van der Waals surface area contributed by atoms with Crippen molar-refractivity contribution in [3.8, 4) is 17.2 Å². The fraction of sp³-hybridized carbons (Fsp3) is 0.429. The quantitative estimate of drug-likeness (QED) is 0.306. The molecular weight excluding hydrogens is 468 g/mol. The summed E-state index contributed by atoms with van der Waals surface area (Å²) in [5, 5.41) is 17.8. The standard InChI is InChI=1S/C28H34N6O3/c1-15-16(2)22(10-20(15)14-35)33-27-25(23-11-19-12-24(36-5)31-18(4)26(19)37-23)17(3)32-28(34-27)30-13-21-8-6-7-9-29-21/h6-9,11-12,15-16,20,22,35H,10,13-14H2,1-5H3,(H2,30,32,33,34). The number of pyridine rings is 2. The maximum atomic E-state index is 9.89. The summed E-state index contributed by atoms with van der Waals surface area (Å²) >= 11 is 0. The van der Waals surface area contributed by atoms with Crippen molar-refractivity contribution in [2.75, 3.05) is 24.4 Å². The molecule has 4 aromatic heterocycles. The number of hydrogen-bond acceptors (Lipinski definition) is 9. The first-order chi connectivity index (χ1) is 17.9. The lowest BCUT2D eigenvalue weighted by Gasteiger charge is -2.22. The first kappa shape index (κ1) is 25.0. The van der Waals surface area contributed by atoms with Crippen molar-refractivity contribution >= 4 is 22.7 Å². The fourth-order valence-corrected chi connectivity index (χ4v) is 5.29. The topological polar surface area (TPSA) is 118 Å². The third-order valence-electron chi connectivity index (χ3n) is 7.67. The molecule has 0 radical (unpaired) electrons. The molecule has 9 heteroatoms. The number of fused-ring (bicyclic) bond motifs is 1. The van der Waals surface area contributed by atoms with Gasteiger partial charge in [0.1, 0.15) is 11.6 Å². The highest BCUT2D eigenvalue weighted by Crippen LogP contribution is 2.41. The number of nitrogens with zero attached hydrogens (tertiary/aromatic N) is 4. The van der Waals surface area contributed by atoms with Gasteiger partial charge in [0.2, 0.25) is 11.8 Å². The molecule has 1 fully saturated rings. The minimum Gasteiger partial charge on any atom is -0.481 e. The lowest BCUT2D eigenvalue weighted by atomic mass is 9.92. The molecule has 0 amide bonds. The molecule has 0 spiro atoms. The molecule has 4 heterocycles. The molecule has 1 saturated carbocycles. The summed E-state index contributed by atoms with van der Waals surface area (Å²) in [5.41, 5.74) is 3.97. The van der Waals surface area contributed by atoms with Crippen LogP contribution < -0.4 is 15.4 Å². The Morgan fingerprint density at radius 2 is 1.92 bits per heavy atom. The van der Waals surface area contributed by atoms with Crippen LogP contribution in [0.2, 0.25) is 0 Å². The summed E-state index contributed by atoms with van der Waals surface area (Å²) in [6.07, 6.45) is 2.64. The molecule has 37 heavy (non-hydrogen) atoms. The van der Waals surface area contributed by atoms with E-state index in [0.29, 0.717) is 47.4 Å². The molecule has 1 aliphatic carbocycles. The second-order valence-corrected chi connectivity index (χ2v) is 9.96. The highest BCUT2D eigenvalue weighted by atomic mass is 16.5. The fourth-order valence-electron chi connectivity index (χ4n) is 5.29. The van der Waals surface area contributed by atoms with Crippen molar-refractivity contribution in [1.82, 2.24) is 19.9 Å². The van der Waals surface area contributed by atoms with Gasteiger partial charge in [-0.1, -0.05) is 19.9 Å². The number of nitrogens with one attached hydrogen (secondary N) is 2. The second-order valence-electron chi connectivity index (χ2n) is 9.96. The number of aliphatic hydroxyl groups excluding tert-OH is 1. The highest BCUT2D eigenvalue weighted by Gasteiger charge is 2.38. The van der Waals surface area contributed by atoms with Crippen LogP contribution >= 0.6 is 0 Å². The predicted octanol–water partition coefficient (Wildman–Crippen LogP) is 4.98. The van der Waals surface area contributed by atoms with Crippen LogP contribution in [0.3, 0.4) is 0 Å². The van der Waals surface area contributed by atoms with Crippen LogP contribution in [0.15, 0.2) is 40.9 Å². The van der Waals surface area contributed by atoms with Gasteiger partial charge in [-0.15, -0.1) is 0 Å². The molecule has 9 nitrogen and oxygen atoms in total. The van der Waals surface area contributed by atoms with Gasteiger partial charge in [-0.25, -0.2) is 9.97 Å². The Labute approximate surface area is 216 Å². The summed E-state index contributed by atoms with van der Waals surface area (Å²) < 4.78 is 11.7. The SMILES string of the molecule is COc1cc2cc(-c3c(C)nc(NCc4ccccn4)nc3NC3CC(CO)C(C)C3C)oc2c(C)n1. The van der Waals surface area contributed by atoms with E-state index in [-0.39, 0.29) is 18.6 Å². The minimum absolute atomic E-state index is 0.164. The highest BCUT2D eigenvalue weighted by molar-refractivity contribution is 5.88. The zero-order chi connectivity index (χ0) is 26.1. The van der Waals surface area contributed by atoms with E-state index in [9.17, 15) is 5.11 Å². The van der Waals surface area contributed by atoms with E-state index >= 15 is 0 Å². The zero-order valence-electron chi connectivity index (χ0n) is 21.9. The summed E-state index contributed by atoms with van der Waals surface area (Å²) in [6, 6.07) is 9.83. The van der Waals surface area contributed by atoms with E-state index in [2.05, 4.69) is 34.4 Å². The van der Waals surface area contributed by atoms with Gasteiger partial charge in [0.25, 0.3) is 0 Å². The first-order valence-electron chi connectivity index (χ1n) is 12.7. The van der Waals surface area contributed by atoms with Crippen molar-refractivity contribution in [3.05, 3.63) is 53.6 Å². The van der Waals surface area contributed by atoms with E-state index in [0.717, 1.165) is 34.5 Å². The van der Waals surface area contributed by atoms with Gasteiger partial charge < -0.3 is 24.9 Å². The van der Waals surface area contributed by atoms with E-state index in [1.807, 2.05) is 44.2 Å². The van der Waals surface area contributed by atoms with Gasteiger partial charge in [0, 0.05) is 30.3 Å². The van der Waals surface area contributed by atoms with Gasteiger partial charge >= 0.3 is 0 Å². The van der Waals surface area contributed by atoms with Crippen LogP contribution in [-0.2, 0) is 6.54 Å². The number of anilines is 2. The van der Waals surface area contributed by atoms with Gasteiger partial charge in [-0.3, -0.25) is 4.98 Å². The van der Waals surface area contributed by atoms with Crippen molar-refractivity contribution in [2.45, 2.75) is 46.7 Å². The Kier molecular flexibility index (Phi) is 6.97. The summed E-state index contributed by atoms with van der Waals surface area (Å²) in [5.74, 6) is 3.47. The van der Waals surface area contributed by atoms with Crippen molar-refractivity contribution in [2.24, 2.45) is 17.8 Å². The molecule has 0 aliphatic heterocycles. The first-order valence-corrected chi connectivity index (χ1v) is 12.7. The normalized spacial score (nSPS) is 21.4. The van der Waals surface area contributed by atoms with Crippen molar-refractivity contribution in [3.63, 3.8) is 0 Å². The Morgan fingerprint density at radius 1 is 1.08 bits per heavy atom. The maximum absolute atomic E-state index is 9.89. The number of aryl methyl sites for hydroxylation is 2. The number of rotatable bonds is 8. The Morgan fingerprint density at radius 3 is 2.62 bits per heavy atom. The molecule has 4 atom stereocenters. The predicted molar refractivity (Wildman–Crippen MR) is 144 cm³/mol. The maximum Gasteiger partial charge on any atom is 0.225 e. The average molecular weight is 503 g/mol. The smallest absolute Gasteiger partial charge is 0.225 e. The molecule has 0 saturated heterocycles. The average Bonchev–Trinajstić information content (AvgIpc) is 3.44. The molecule has 194 valence electrons. The van der Waals surface area contributed by atoms with Gasteiger partial charge in [0.15, 0.2) is 5.58 Å². The third kappa shape index (κ3) is 4.96. The number of furan rings is 1. The van der Waals surface area contributed by atoms with Crippen LogP contribution in [0.1, 0.15) is 37.4 Å². The van der Waals surface area contributed by atoms with Crippen LogP contribution in [0.5, 0.6) is 5.88 Å². The summed E-state index contributed by atoms with van der Waals surface area (Å²) in [6.45, 7) is 9.01. The number of aromatic nitrogens is 4. The monoisotopic (exact) mass is 502 g/mol. The number of methoxy groups -OCH3 is 1. The molecular formula is C28H34N6O3. The molecule has 0 bridgehead atoms. The molecule has 1 aliphatic rings. The van der Waals surface area contributed by atoms with Crippen LogP contribution in [0.4, 0.5) is 11.8 Å². The van der Waals surface area contributed by atoms with E-state index in [4.69, 9.17) is 19.1 Å². The Bertz CT molecular complexity index is 1390. The second kappa shape index (κ2) is 10.3. The third-order valence-corrected chi connectivity index (χ3v) is 7.67. The van der Waals surface area contributed by atoms with E-state index in [1.54, 1.807) is 13.3 Å². The Balaban J connectivity index is 1.55. The molecule has 4 aromatic rings. The minimum atomic E-state index is 0.164. The van der Waals surface area contributed by atoms with Gasteiger partial charge in [0.05, 0.1) is 36.3 Å². The molecule has 3 N–H and O–H groups in total. The summed E-state index contributed by atoms with van der Waals surface area (Å²) in [7, 11) is 1.61. The molecule has 4 unspecified atom stereocenters. The van der Waals surface area contributed by atoms with E-state index in [1.165, 1.54) is 0 Å². The lowest BCUT2D eigenvalue weighted by molar-refractivity contribution is 0.191. The van der Waals surface area contributed by atoms with E-state index < -0.39 is 0 Å². The number of ether oxygens (including phenoxy) is 1. The molecule has 0 aromatic carbocycles. The lowest BCUT2D eigenvalue weighted by Crippen LogP contribution is -2.25. The number of hydrogen-bond donors (Lipinski definition) is 3. The van der Waals surface area contributed by atoms with Crippen molar-refractivity contribution < 1.29 is 14.3 Å². The van der Waals surface area contributed by atoms with Crippen LogP contribution in [0, 0.1) is 31.6 Å². The van der Waals surface area contributed by atoms with Crippen molar-refractivity contribution in [1.29, 1.82) is 0 Å². The van der Waals surface area contributed by atoms with Crippen LogP contribution in [-0.4, -0.2) is 44.8 Å². The Hall–Kier alpha value is -3.72.